The molecule has 2 heterocycles. The topological polar surface area (TPSA) is 51.4 Å². The zero-order valence-corrected chi connectivity index (χ0v) is 10.1. The lowest BCUT2D eigenvalue weighted by atomic mass is 10.0. The van der Waals surface area contributed by atoms with Crippen LogP contribution in [0.4, 0.5) is 11.5 Å². The second-order valence-corrected chi connectivity index (χ2v) is 4.63. The van der Waals surface area contributed by atoms with Crippen molar-refractivity contribution in [2.75, 3.05) is 30.8 Å². The number of hydrogen-bond donors (Lipinski definition) is 1. The molecule has 1 saturated heterocycles. The molecule has 0 aliphatic carbocycles. The Bertz CT molecular complexity index is 371. The Labute approximate surface area is 96.4 Å². The van der Waals surface area contributed by atoms with Gasteiger partial charge >= 0.3 is 0 Å². The van der Waals surface area contributed by atoms with Gasteiger partial charge in [0.1, 0.15) is 5.82 Å². The van der Waals surface area contributed by atoms with Crippen molar-refractivity contribution in [2.45, 2.75) is 13.8 Å². The second-order valence-electron chi connectivity index (χ2n) is 4.63. The van der Waals surface area contributed by atoms with E-state index in [1.807, 2.05) is 12.1 Å². The van der Waals surface area contributed by atoms with Crippen LogP contribution in [0, 0.1) is 11.8 Å². The molecule has 16 heavy (non-hydrogen) atoms. The van der Waals surface area contributed by atoms with Gasteiger partial charge in [-0.3, -0.25) is 0 Å². The van der Waals surface area contributed by atoms with Crippen LogP contribution in [0.2, 0.25) is 0 Å². The van der Waals surface area contributed by atoms with E-state index >= 15 is 0 Å². The Morgan fingerprint density at radius 1 is 1.31 bits per heavy atom. The normalized spacial score (nSPS) is 24.8. The molecule has 1 aromatic rings. The van der Waals surface area contributed by atoms with Crippen molar-refractivity contribution in [3.63, 3.8) is 0 Å². The van der Waals surface area contributed by atoms with Gasteiger partial charge in [0.2, 0.25) is 5.88 Å². The first kappa shape index (κ1) is 11.0. The lowest BCUT2D eigenvalue weighted by Crippen LogP contribution is -2.21. The summed E-state index contributed by atoms with van der Waals surface area (Å²) in [5, 5.41) is 0. The van der Waals surface area contributed by atoms with Gasteiger partial charge in [-0.2, -0.15) is 4.98 Å². The smallest absolute Gasteiger partial charge is 0.238 e. The van der Waals surface area contributed by atoms with Gasteiger partial charge in [0.25, 0.3) is 0 Å². The Balaban J connectivity index is 2.22. The lowest BCUT2D eigenvalue weighted by molar-refractivity contribution is 0.400. The number of methoxy groups -OCH3 is 1. The third-order valence-electron chi connectivity index (χ3n) is 3.38. The van der Waals surface area contributed by atoms with Gasteiger partial charge in [0.05, 0.1) is 12.8 Å². The molecule has 0 radical (unpaired) electrons. The quantitative estimate of drug-likeness (QED) is 0.827. The standard InChI is InChI=1S/C12H19N3O/c1-8-6-15(7-9(8)2)11-5-4-10(13)12(14-11)16-3/h4-5,8-9H,6-7,13H2,1-3H3. The molecule has 0 amide bonds. The Kier molecular flexibility index (Phi) is 2.90. The minimum atomic E-state index is 0.518. The summed E-state index contributed by atoms with van der Waals surface area (Å²) in [7, 11) is 1.59. The van der Waals surface area contributed by atoms with E-state index in [0.717, 1.165) is 18.9 Å². The van der Waals surface area contributed by atoms with Crippen molar-refractivity contribution in [1.29, 1.82) is 0 Å². The van der Waals surface area contributed by atoms with Crippen LogP contribution in [0.3, 0.4) is 0 Å². The number of rotatable bonds is 2. The second kappa shape index (κ2) is 4.20. The molecule has 0 bridgehead atoms. The monoisotopic (exact) mass is 221 g/mol. The number of hydrogen-bond acceptors (Lipinski definition) is 4. The van der Waals surface area contributed by atoms with Gasteiger partial charge in [-0.1, -0.05) is 13.8 Å². The van der Waals surface area contributed by atoms with Crippen molar-refractivity contribution in [3.05, 3.63) is 12.1 Å². The van der Waals surface area contributed by atoms with Crippen molar-refractivity contribution in [2.24, 2.45) is 11.8 Å². The van der Waals surface area contributed by atoms with Crippen LogP contribution in [0.1, 0.15) is 13.8 Å². The lowest BCUT2D eigenvalue weighted by Gasteiger charge is -2.18. The molecular formula is C12H19N3O. The van der Waals surface area contributed by atoms with Gasteiger partial charge < -0.3 is 15.4 Å². The summed E-state index contributed by atoms with van der Waals surface area (Å²) in [5.41, 5.74) is 6.34. The number of nitrogen functional groups attached to an aromatic ring is 1. The third-order valence-corrected chi connectivity index (χ3v) is 3.38. The molecule has 2 atom stereocenters. The van der Waals surface area contributed by atoms with E-state index in [0.29, 0.717) is 23.4 Å². The fraction of sp³-hybridized carbons (Fsp3) is 0.583. The van der Waals surface area contributed by atoms with Crippen molar-refractivity contribution in [1.82, 2.24) is 4.98 Å². The van der Waals surface area contributed by atoms with E-state index in [4.69, 9.17) is 10.5 Å². The van der Waals surface area contributed by atoms with Gasteiger partial charge in [0, 0.05) is 13.1 Å². The van der Waals surface area contributed by atoms with Crippen LogP contribution in [-0.2, 0) is 0 Å². The summed E-state index contributed by atoms with van der Waals surface area (Å²) in [6.45, 7) is 6.67. The largest absolute Gasteiger partial charge is 0.479 e. The van der Waals surface area contributed by atoms with Crippen molar-refractivity contribution in [3.8, 4) is 5.88 Å². The summed E-state index contributed by atoms with van der Waals surface area (Å²) < 4.78 is 5.14. The number of aromatic nitrogens is 1. The summed E-state index contributed by atoms with van der Waals surface area (Å²) >= 11 is 0. The minimum Gasteiger partial charge on any atom is -0.479 e. The summed E-state index contributed by atoms with van der Waals surface area (Å²) in [6, 6.07) is 3.82. The average molecular weight is 221 g/mol. The van der Waals surface area contributed by atoms with Crippen LogP contribution in [-0.4, -0.2) is 25.2 Å². The fourth-order valence-corrected chi connectivity index (χ4v) is 2.10. The third kappa shape index (κ3) is 1.92. The first-order valence-electron chi connectivity index (χ1n) is 5.67. The molecule has 1 fully saturated rings. The highest BCUT2D eigenvalue weighted by molar-refractivity contribution is 5.54. The summed E-state index contributed by atoms with van der Waals surface area (Å²) in [5.74, 6) is 2.91. The van der Waals surface area contributed by atoms with Crippen molar-refractivity contribution >= 4 is 11.5 Å². The number of nitrogens with two attached hydrogens (primary N) is 1. The molecule has 2 rings (SSSR count). The van der Waals surface area contributed by atoms with Crippen LogP contribution in [0.5, 0.6) is 5.88 Å². The molecule has 1 aliphatic rings. The van der Waals surface area contributed by atoms with E-state index in [2.05, 4.69) is 23.7 Å². The molecule has 0 aromatic carbocycles. The molecular weight excluding hydrogens is 202 g/mol. The maximum Gasteiger partial charge on any atom is 0.238 e. The predicted octanol–water partition coefficient (Wildman–Crippen LogP) is 1.76. The Morgan fingerprint density at radius 2 is 1.94 bits per heavy atom. The highest BCUT2D eigenvalue weighted by Crippen LogP contribution is 2.29. The van der Waals surface area contributed by atoms with E-state index < -0.39 is 0 Å². The molecule has 2 unspecified atom stereocenters. The van der Waals surface area contributed by atoms with Crippen LogP contribution >= 0.6 is 0 Å². The predicted molar refractivity (Wildman–Crippen MR) is 65.7 cm³/mol. The molecule has 1 aromatic heterocycles. The summed E-state index contributed by atoms with van der Waals surface area (Å²) in [4.78, 5) is 6.71. The number of nitrogens with zero attached hydrogens (tertiary/aromatic N) is 2. The van der Waals surface area contributed by atoms with E-state index in [9.17, 15) is 0 Å². The average Bonchev–Trinajstić information content (AvgIpc) is 2.60. The SMILES string of the molecule is COc1nc(N2CC(C)C(C)C2)ccc1N. The number of pyridine rings is 1. The molecule has 88 valence electrons. The number of ether oxygens (including phenoxy) is 1. The minimum absolute atomic E-state index is 0.518. The molecule has 0 spiro atoms. The maximum absolute atomic E-state index is 5.75. The van der Waals surface area contributed by atoms with Crippen LogP contribution < -0.4 is 15.4 Å². The number of anilines is 2. The zero-order chi connectivity index (χ0) is 11.7. The van der Waals surface area contributed by atoms with Crippen LogP contribution in [0.25, 0.3) is 0 Å². The van der Waals surface area contributed by atoms with E-state index in [1.54, 1.807) is 7.11 Å². The molecule has 2 N–H and O–H groups in total. The van der Waals surface area contributed by atoms with Gasteiger partial charge in [0.15, 0.2) is 0 Å². The van der Waals surface area contributed by atoms with Crippen molar-refractivity contribution < 1.29 is 4.74 Å². The van der Waals surface area contributed by atoms with E-state index in [-0.39, 0.29) is 0 Å². The first-order valence-corrected chi connectivity index (χ1v) is 5.67. The van der Waals surface area contributed by atoms with Gasteiger partial charge in [-0.15, -0.1) is 0 Å². The fourth-order valence-electron chi connectivity index (χ4n) is 2.10. The molecule has 1 aliphatic heterocycles. The van der Waals surface area contributed by atoms with Crippen LogP contribution in [0.15, 0.2) is 12.1 Å². The molecule has 0 saturated carbocycles. The Morgan fingerprint density at radius 3 is 2.50 bits per heavy atom. The van der Waals surface area contributed by atoms with E-state index in [1.165, 1.54) is 0 Å². The summed E-state index contributed by atoms with van der Waals surface area (Å²) in [6.07, 6.45) is 0. The van der Waals surface area contributed by atoms with Gasteiger partial charge in [-0.25, -0.2) is 0 Å². The first-order chi connectivity index (χ1) is 7.61. The maximum atomic E-state index is 5.75. The molecule has 4 heteroatoms. The Hall–Kier alpha value is -1.45. The zero-order valence-electron chi connectivity index (χ0n) is 10.1. The highest BCUT2D eigenvalue weighted by Gasteiger charge is 2.27. The molecule has 4 nitrogen and oxygen atoms in total. The van der Waals surface area contributed by atoms with Gasteiger partial charge in [-0.05, 0) is 24.0 Å². The highest BCUT2D eigenvalue weighted by atomic mass is 16.5.